The molecule has 0 unspecified atom stereocenters. The number of piperidine rings is 1. The smallest absolute Gasteiger partial charge is 0.140 e. The fourth-order valence-electron chi connectivity index (χ4n) is 4.48. The molecule has 4 nitrogen and oxygen atoms in total. The van der Waals surface area contributed by atoms with Crippen molar-refractivity contribution in [2.45, 2.75) is 31.0 Å². The number of nitrogens with two attached hydrogens (primary N) is 1. The lowest BCUT2D eigenvalue weighted by atomic mass is 9.72. The van der Waals surface area contributed by atoms with Gasteiger partial charge in [0.25, 0.3) is 0 Å². The largest absolute Gasteiger partial charge is 0.497 e. The fraction of sp³-hybridized carbons (Fsp3) is 0.286. The normalized spacial score (nSPS) is 24.8. The highest BCUT2D eigenvalue weighted by Gasteiger charge is 2.48. The van der Waals surface area contributed by atoms with Gasteiger partial charge in [-0.2, -0.15) is 0 Å². The summed E-state index contributed by atoms with van der Waals surface area (Å²) in [5.41, 5.74) is 2.08. The van der Waals surface area contributed by atoms with Crippen LogP contribution in [0.5, 0.6) is 11.5 Å². The van der Waals surface area contributed by atoms with Gasteiger partial charge in [-0.3, -0.25) is 0 Å². The molecule has 0 aliphatic carbocycles. The fourth-order valence-corrected chi connectivity index (χ4v) is 4.48. The second kappa shape index (κ2) is 9.48. The molecule has 3 aromatic carbocycles. The second-order valence-electron chi connectivity index (χ2n) is 8.40. The first-order valence-electron chi connectivity index (χ1n) is 11.0. The molecule has 1 saturated heterocycles. The molecular weight excluding hydrogens is 398 g/mol. The lowest BCUT2D eigenvalue weighted by Crippen LogP contribution is -2.91. The van der Waals surface area contributed by atoms with Crippen molar-refractivity contribution in [1.82, 2.24) is 0 Å². The average Bonchev–Trinajstić information content (AvgIpc) is 2.85. The Morgan fingerprint density at radius 1 is 0.844 bits per heavy atom. The number of benzene rings is 3. The van der Waals surface area contributed by atoms with E-state index in [2.05, 4.69) is 48.3 Å². The molecular formula is C28H30NO3+. The molecule has 4 heteroatoms. The van der Waals surface area contributed by atoms with Gasteiger partial charge in [-0.25, -0.2) is 0 Å². The molecule has 0 bridgehead atoms. The summed E-state index contributed by atoms with van der Waals surface area (Å²) in [6, 6.07) is 26.2. The van der Waals surface area contributed by atoms with Crippen molar-refractivity contribution in [3.63, 3.8) is 0 Å². The van der Waals surface area contributed by atoms with E-state index in [1.54, 1.807) is 14.2 Å². The van der Waals surface area contributed by atoms with Crippen molar-refractivity contribution in [3.05, 3.63) is 95.6 Å². The molecule has 1 aliphatic heterocycles. The summed E-state index contributed by atoms with van der Waals surface area (Å²) in [5, 5.41) is 14.2. The Morgan fingerprint density at radius 2 is 1.41 bits per heavy atom. The number of quaternary nitrogens is 1. The first kappa shape index (κ1) is 22.0. The van der Waals surface area contributed by atoms with Gasteiger partial charge in [-0.05, 0) is 60.7 Å². The van der Waals surface area contributed by atoms with Crippen molar-refractivity contribution in [3.8, 4) is 23.3 Å². The molecule has 4 atom stereocenters. The Hall–Kier alpha value is -3.26. The molecule has 3 N–H and O–H groups in total. The van der Waals surface area contributed by atoms with E-state index in [-0.39, 0.29) is 18.0 Å². The van der Waals surface area contributed by atoms with E-state index < -0.39 is 5.60 Å². The number of hydrogen-bond acceptors (Lipinski definition) is 3. The summed E-state index contributed by atoms with van der Waals surface area (Å²) < 4.78 is 10.7. The zero-order valence-corrected chi connectivity index (χ0v) is 18.8. The summed E-state index contributed by atoms with van der Waals surface area (Å²) in [7, 11) is 3.34. The molecule has 0 spiro atoms. The summed E-state index contributed by atoms with van der Waals surface area (Å²) in [4.78, 5) is 0. The van der Waals surface area contributed by atoms with Crippen LogP contribution in [-0.2, 0) is 0 Å². The van der Waals surface area contributed by atoms with Gasteiger partial charge >= 0.3 is 0 Å². The summed E-state index contributed by atoms with van der Waals surface area (Å²) in [6.45, 7) is 2.09. The van der Waals surface area contributed by atoms with E-state index in [0.29, 0.717) is 6.42 Å². The maximum atomic E-state index is 11.8. The van der Waals surface area contributed by atoms with Crippen molar-refractivity contribution in [1.29, 1.82) is 0 Å². The number of rotatable bonds is 4. The van der Waals surface area contributed by atoms with E-state index in [1.807, 2.05) is 54.6 Å². The Kier molecular flexibility index (Phi) is 6.50. The third-order valence-corrected chi connectivity index (χ3v) is 6.50. The van der Waals surface area contributed by atoms with Gasteiger partial charge in [-0.15, -0.1) is 0 Å². The minimum atomic E-state index is -1.13. The first-order valence-corrected chi connectivity index (χ1v) is 11.0. The third kappa shape index (κ3) is 4.65. The van der Waals surface area contributed by atoms with Gasteiger partial charge in [0, 0.05) is 23.1 Å². The average molecular weight is 429 g/mol. The molecule has 0 saturated carbocycles. The highest BCUT2D eigenvalue weighted by Crippen LogP contribution is 2.39. The van der Waals surface area contributed by atoms with E-state index in [9.17, 15) is 5.11 Å². The Bertz CT molecular complexity index is 1080. The van der Waals surface area contributed by atoms with Gasteiger partial charge < -0.3 is 19.9 Å². The Morgan fingerprint density at radius 3 is 1.97 bits per heavy atom. The Balaban J connectivity index is 1.71. The van der Waals surface area contributed by atoms with E-state index in [1.165, 1.54) is 0 Å². The predicted octanol–water partition coefficient (Wildman–Crippen LogP) is 3.87. The SMILES string of the molecule is COc1ccc([C@@H]2C[C@](O)(C#Cc3ccccc3)[C@@H](C)[C@H](c3ccc(OC)cc3)[NH2+]2)cc1. The maximum absolute atomic E-state index is 11.8. The van der Waals surface area contributed by atoms with Crippen LogP contribution in [0.3, 0.4) is 0 Å². The van der Waals surface area contributed by atoms with Gasteiger partial charge in [-0.1, -0.05) is 37.0 Å². The monoisotopic (exact) mass is 428 g/mol. The van der Waals surface area contributed by atoms with Crippen LogP contribution in [0.2, 0.25) is 0 Å². The number of ether oxygens (including phenoxy) is 2. The van der Waals surface area contributed by atoms with Gasteiger partial charge in [0.2, 0.25) is 0 Å². The van der Waals surface area contributed by atoms with Crippen molar-refractivity contribution in [2.75, 3.05) is 14.2 Å². The van der Waals surface area contributed by atoms with Crippen molar-refractivity contribution >= 4 is 0 Å². The van der Waals surface area contributed by atoms with Crippen LogP contribution in [0.25, 0.3) is 0 Å². The van der Waals surface area contributed by atoms with E-state index >= 15 is 0 Å². The molecule has 32 heavy (non-hydrogen) atoms. The van der Waals surface area contributed by atoms with Gasteiger partial charge in [0.05, 0.1) is 20.1 Å². The molecule has 1 aliphatic rings. The number of methoxy groups -OCH3 is 2. The van der Waals surface area contributed by atoms with Crippen LogP contribution in [0.15, 0.2) is 78.9 Å². The van der Waals surface area contributed by atoms with Crippen molar-refractivity contribution in [2.24, 2.45) is 5.92 Å². The highest BCUT2D eigenvalue weighted by molar-refractivity contribution is 5.38. The molecule has 1 heterocycles. The van der Waals surface area contributed by atoms with Crippen LogP contribution in [0, 0.1) is 17.8 Å². The van der Waals surface area contributed by atoms with Crippen molar-refractivity contribution < 1.29 is 19.9 Å². The second-order valence-corrected chi connectivity index (χ2v) is 8.40. The molecule has 4 rings (SSSR count). The van der Waals surface area contributed by atoms with Crippen LogP contribution in [-0.4, -0.2) is 24.9 Å². The summed E-state index contributed by atoms with van der Waals surface area (Å²) in [6.07, 6.45) is 0.549. The lowest BCUT2D eigenvalue weighted by Gasteiger charge is -2.42. The van der Waals surface area contributed by atoms with Gasteiger partial charge in [0.15, 0.2) is 0 Å². The Labute approximate surface area is 190 Å². The highest BCUT2D eigenvalue weighted by atomic mass is 16.5. The van der Waals surface area contributed by atoms with Crippen LogP contribution < -0.4 is 14.8 Å². The minimum Gasteiger partial charge on any atom is -0.497 e. The standard InChI is InChI=1S/C28H29NO3/c1-20-27(23-11-15-25(32-3)16-12-23)29-26(22-9-13-24(31-2)14-10-22)19-28(20,30)18-17-21-7-5-4-6-8-21/h4-16,20,26-27,29-30H,19H2,1-3H3/p+1/t20-,26-,27+,28+/m0/s1. The topological polar surface area (TPSA) is 55.3 Å². The van der Waals surface area contributed by atoms with Gasteiger partial charge in [0.1, 0.15) is 29.2 Å². The molecule has 0 aromatic heterocycles. The van der Waals surface area contributed by atoms with E-state index in [0.717, 1.165) is 28.2 Å². The molecule has 1 fully saturated rings. The minimum absolute atomic E-state index is 0.0526. The maximum Gasteiger partial charge on any atom is 0.140 e. The zero-order valence-electron chi connectivity index (χ0n) is 18.8. The summed E-state index contributed by atoms with van der Waals surface area (Å²) in [5.74, 6) is 8.03. The molecule has 164 valence electrons. The predicted molar refractivity (Wildman–Crippen MR) is 125 cm³/mol. The lowest BCUT2D eigenvalue weighted by molar-refractivity contribution is -0.755. The zero-order chi connectivity index (χ0) is 22.6. The number of hydrogen-bond donors (Lipinski definition) is 2. The molecule has 0 radical (unpaired) electrons. The van der Waals surface area contributed by atoms with Crippen LogP contribution >= 0.6 is 0 Å². The van der Waals surface area contributed by atoms with E-state index in [4.69, 9.17) is 9.47 Å². The molecule has 3 aromatic rings. The number of aliphatic hydroxyl groups is 1. The van der Waals surface area contributed by atoms with Crippen LogP contribution in [0.1, 0.15) is 42.1 Å². The quantitative estimate of drug-likeness (QED) is 0.621. The summed E-state index contributed by atoms with van der Waals surface area (Å²) >= 11 is 0. The van der Waals surface area contributed by atoms with Crippen LogP contribution in [0.4, 0.5) is 0 Å². The third-order valence-electron chi connectivity index (χ3n) is 6.50. The first-order chi connectivity index (χ1) is 15.5. The molecule has 0 amide bonds.